The normalized spacial score (nSPS) is 17.3. The van der Waals surface area contributed by atoms with E-state index >= 15 is 0 Å². The van der Waals surface area contributed by atoms with E-state index in [1.807, 2.05) is 4.90 Å². The molecule has 0 saturated carbocycles. The number of aromatic amines is 1. The fourth-order valence-corrected chi connectivity index (χ4v) is 3.14. The van der Waals surface area contributed by atoms with Crippen LogP contribution in [-0.4, -0.2) is 34.0 Å². The first-order valence-corrected chi connectivity index (χ1v) is 7.80. The van der Waals surface area contributed by atoms with Crippen molar-refractivity contribution in [2.24, 2.45) is 0 Å². The van der Waals surface area contributed by atoms with Gasteiger partial charge in [-0.25, -0.2) is 9.49 Å². The average molecular weight is 338 g/mol. The Kier molecular flexibility index (Phi) is 4.37. The molecule has 7 heteroatoms. The van der Waals surface area contributed by atoms with Gasteiger partial charge in [-0.15, -0.1) is 0 Å². The van der Waals surface area contributed by atoms with Crippen molar-refractivity contribution in [1.82, 2.24) is 10.2 Å². The Bertz CT molecular complexity index is 757. The molecule has 1 fully saturated rings. The van der Waals surface area contributed by atoms with Gasteiger partial charge in [-0.2, -0.15) is 5.10 Å². The number of aliphatic hydroxyl groups is 1. The zero-order valence-electron chi connectivity index (χ0n) is 12.4. The van der Waals surface area contributed by atoms with Crippen LogP contribution in [0.4, 0.5) is 10.1 Å². The van der Waals surface area contributed by atoms with Crippen LogP contribution in [0.5, 0.6) is 0 Å². The van der Waals surface area contributed by atoms with Crippen molar-refractivity contribution in [3.8, 4) is 0 Å². The summed E-state index contributed by atoms with van der Waals surface area (Å²) in [6.45, 7) is 1.05. The topological polar surface area (TPSA) is 69.2 Å². The first kappa shape index (κ1) is 16.0. The third-order valence-electron chi connectivity index (χ3n) is 4.29. The molecule has 1 aliphatic rings. The summed E-state index contributed by atoms with van der Waals surface area (Å²) in [4.78, 5) is 13.4. The van der Waals surface area contributed by atoms with Gasteiger partial charge in [-0.05, 0) is 24.5 Å². The Balaban J connectivity index is 1.71. The fourth-order valence-electron chi connectivity index (χ4n) is 2.93. The van der Waals surface area contributed by atoms with Crippen LogP contribution in [-0.2, 0) is 6.42 Å². The molecule has 0 bridgehead atoms. The van der Waals surface area contributed by atoms with Gasteiger partial charge in [-0.3, -0.25) is 4.79 Å². The predicted octanol–water partition coefficient (Wildman–Crippen LogP) is 2.14. The van der Waals surface area contributed by atoms with Gasteiger partial charge >= 0.3 is 0 Å². The standard InChI is InChI=1S/C16H17ClFN3O2/c17-14-13(10-19-20-15(14)22)21-7-5-16(23,6-8-21)9-11-3-1-2-4-12(11)18/h1-4,10,23H,5-9H2,(H,20,22). The third-order valence-corrected chi connectivity index (χ3v) is 4.65. The van der Waals surface area contributed by atoms with E-state index in [4.69, 9.17) is 11.6 Å². The molecule has 0 atom stereocenters. The van der Waals surface area contributed by atoms with Crippen LogP contribution >= 0.6 is 11.6 Å². The van der Waals surface area contributed by atoms with Crippen LogP contribution in [0.2, 0.25) is 5.02 Å². The van der Waals surface area contributed by atoms with Crippen molar-refractivity contribution in [2.75, 3.05) is 18.0 Å². The van der Waals surface area contributed by atoms with Gasteiger partial charge in [0.15, 0.2) is 0 Å². The number of nitrogens with zero attached hydrogens (tertiary/aromatic N) is 2. The van der Waals surface area contributed by atoms with Crippen molar-refractivity contribution >= 4 is 17.3 Å². The number of benzene rings is 1. The van der Waals surface area contributed by atoms with E-state index in [2.05, 4.69) is 10.2 Å². The lowest BCUT2D eigenvalue weighted by Gasteiger charge is -2.39. The number of piperidine rings is 1. The minimum Gasteiger partial charge on any atom is -0.389 e. The zero-order valence-corrected chi connectivity index (χ0v) is 13.2. The number of hydrogen-bond donors (Lipinski definition) is 2. The second-order valence-electron chi connectivity index (χ2n) is 5.88. The Hall–Kier alpha value is -1.92. The van der Waals surface area contributed by atoms with Crippen LogP contribution in [0.3, 0.4) is 0 Å². The second-order valence-corrected chi connectivity index (χ2v) is 6.26. The smallest absolute Gasteiger partial charge is 0.285 e. The first-order valence-electron chi connectivity index (χ1n) is 7.42. The molecule has 2 heterocycles. The Labute approximate surface area is 137 Å². The number of H-pyrrole nitrogens is 1. The number of rotatable bonds is 3. The van der Waals surface area contributed by atoms with Crippen molar-refractivity contribution < 1.29 is 9.50 Å². The van der Waals surface area contributed by atoms with Crippen molar-refractivity contribution in [1.29, 1.82) is 0 Å². The van der Waals surface area contributed by atoms with E-state index < -0.39 is 11.2 Å². The monoisotopic (exact) mass is 337 g/mol. The van der Waals surface area contributed by atoms with E-state index in [1.165, 1.54) is 12.3 Å². The van der Waals surface area contributed by atoms with Gasteiger partial charge in [-0.1, -0.05) is 29.8 Å². The highest BCUT2D eigenvalue weighted by molar-refractivity contribution is 6.32. The molecule has 0 radical (unpaired) electrons. The summed E-state index contributed by atoms with van der Waals surface area (Å²) < 4.78 is 13.8. The molecule has 2 N–H and O–H groups in total. The first-order chi connectivity index (χ1) is 11.0. The van der Waals surface area contributed by atoms with Crippen LogP contribution in [0, 0.1) is 5.82 Å². The predicted molar refractivity (Wildman–Crippen MR) is 86.4 cm³/mol. The molecule has 1 aromatic carbocycles. The molecule has 1 aliphatic heterocycles. The largest absolute Gasteiger partial charge is 0.389 e. The molecule has 1 aromatic heterocycles. The van der Waals surface area contributed by atoms with Crippen LogP contribution in [0.15, 0.2) is 35.3 Å². The molecule has 0 aliphatic carbocycles. The molecular formula is C16H17ClFN3O2. The SMILES string of the molecule is O=c1[nH]ncc(N2CCC(O)(Cc3ccccc3F)CC2)c1Cl. The highest BCUT2D eigenvalue weighted by Crippen LogP contribution is 2.31. The van der Waals surface area contributed by atoms with Crippen LogP contribution in [0.25, 0.3) is 0 Å². The maximum Gasteiger partial charge on any atom is 0.285 e. The molecule has 1 saturated heterocycles. The fraction of sp³-hybridized carbons (Fsp3) is 0.375. The maximum atomic E-state index is 13.8. The Morgan fingerprint density at radius 1 is 1.35 bits per heavy atom. The molecule has 23 heavy (non-hydrogen) atoms. The van der Waals surface area contributed by atoms with Gasteiger partial charge in [0.05, 0.1) is 17.5 Å². The summed E-state index contributed by atoms with van der Waals surface area (Å²) in [6.07, 6.45) is 2.70. The third kappa shape index (κ3) is 3.38. The molecular weight excluding hydrogens is 321 g/mol. The lowest BCUT2D eigenvalue weighted by molar-refractivity contribution is 0.0158. The minimum atomic E-state index is -0.959. The number of anilines is 1. The summed E-state index contributed by atoms with van der Waals surface area (Å²) in [5, 5.41) is 16.9. The Morgan fingerprint density at radius 2 is 2.04 bits per heavy atom. The van der Waals surface area contributed by atoms with Crippen LogP contribution in [0.1, 0.15) is 18.4 Å². The number of aromatic nitrogens is 2. The van der Waals surface area contributed by atoms with Gasteiger partial charge < -0.3 is 10.0 Å². The van der Waals surface area contributed by atoms with Gasteiger partial charge in [0.2, 0.25) is 0 Å². The van der Waals surface area contributed by atoms with E-state index in [-0.39, 0.29) is 17.3 Å². The summed E-state index contributed by atoms with van der Waals surface area (Å²) in [7, 11) is 0. The van der Waals surface area contributed by atoms with Crippen molar-refractivity contribution in [3.63, 3.8) is 0 Å². The van der Waals surface area contributed by atoms with E-state index in [9.17, 15) is 14.3 Å². The molecule has 0 spiro atoms. The number of hydrogen-bond acceptors (Lipinski definition) is 4. The molecule has 3 rings (SSSR count). The average Bonchev–Trinajstić information content (AvgIpc) is 2.53. The van der Waals surface area contributed by atoms with Crippen molar-refractivity contribution in [3.05, 3.63) is 57.2 Å². The molecule has 122 valence electrons. The van der Waals surface area contributed by atoms with Gasteiger partial charge in [0, 0.05) is 19.5 Å². The second kappa shape index (κ2) is 6.29. The minimum absolute atomic E-state index is 0.0968. The maximum absolute atomic E-state index is 13.8. The molecule has 0 unspecified atom stereocenters. The van der Waals surface area contributed by atoms with Gasteiger partial charge in [0.1, 0.15) is 10.8 Å². The lowest BCUT2D eigenvalue weighted by atomic mass is 9.85. The highest BCUT2D eigenvalue weighted by atomic mass is 35.5. The molecule has 2 aromatic rings. The quantitative estimate of drug-likeness (QED) is 0.900. The molecule has 5 nitrogen and oxygen atoms in total. The number of nitrogens with one attached hydrogen (secondary N) is 1. The summed E-state index contributed by atoms with van der Waals surface area (Å²) in [5.41, 5.74) is -0.321. The number of halogens is 2. The van der Waals surface area contributed by atoms with E-state index in [0.717, 1.165) is 0 Å². The summed E-state index contributed by atoms with van der Waals surface area (Å²) in [6, 6.07) is 6.48. The highest BCUT2D eigenvalue weighted by Gasteiger charge is 2.34. The van der Waals surface area contributed by atoms with Crippen LogP contribution < -0.4 is 10.5 Å². The summed E-state index contributed by atoms with van der Waals surface area (Å²) >= 11 is 6.01. The van der Waals surface area contributed by atoms with E-state index in [1.54, 1.807) is 18.2 Å². The zero-order chi connectivity index (χ0) is 16.4. The Morgan fingerprint density at radius 3 is 2.74 bits per heavy atom. The van der Waals surface area contributed by atoms with E-state index in [0.29, 0.717) is 37.2 Å². The molecule has 0 amide bonds. The van der Waals surface area contributed by atoms with Gasteiger partial charge in [0.25, 0.3) is 5.56 Å². The van der Waals surface area contributed by atoms with Crippen molar-refractivity contribution in [2.45, 2.75) is 24.9 Å². The summed E-state index contributed by atoms with van der Waals surface area (Å²) in [5.74, 6) is -0.301. The lowest BCUT2D eigenvalue weighted by Crippen LogP contribution is -2.46.